The van der Waals surface area contributed by atoms with Crippen LogP contribution in [0.4, 0.5) is 19.0 Å². The van der Waals surface area contributed by atoms with Crippen LogP contribution in [0, 0.1) is 6.92 Å². The van der Waals surface area contributed by atoms with Crippen molar-refractivity contribution < 1.29 is 17.9 Å². The van der Waals surface area contributed by atoms with Gasteiger partial charge in [0.2, 0.25) is 0 Å². The van der Waals surface area contributed by atoms with E-state index in [2.05, 4.69) is 20.4 Å². The predicted molar refractivity (Wildman–Crippen MR) is 85.5 cm³/mol. The molecule has 0 aliphatic carbocycles. The molecule has 0 saturated carbocycles. The van der Waals surface area contributed by atoms with E-state index in [9.17, 15) is 13.2 Å². The number of alkyl halides is 3. The number of hydrogen-bond acceptors (Lipinski definition) is 5. The summed E-state index contributed by atoms with van der Waals surface area (Å²) in [5.74, 6) is 0.726. The minimum atomic E-state index is -4.56. The van der Waals surface area contributed by atoms with Gasteiger partial charge in [0.15, 0.2) is 5.69 Å². The van der Waals surface area contributed by atoms with E-state index in [1.54, 1.807) is 6.92 Å². The summed E-state index contributed by atoms with van der Waals surface area (Å²) in [6, 6.07) is 8.17. The molecular weight excluding hydrogens is 335 g/mol. The van der Waals surface area contributed by atoms with E-state index < -0.39 is 11.9 Å². The van der Waals surface area contributed by atoms with Gasteiger partial charge >= 0.3 is 6.18 Å². The molecule has 2 heterocycles. The smallest absolute Gasteiger partial charge is 0.433 e. The van der Waals surface area contributed by atoms with Crippen molar-refractivity contribution in [3.05, 3.63) is 47.9 Å². The Morgan fingerprint density at radius 3 is 2.80 bits per heavy atom. The van der Waals surface area contributed by atoms with Crippen LogP contribution in [0.25, 0.3) is 5.78 Å². The topological polar surface area (TPSA) is 64.3 Å². The van der Waals surface area contributed by atoms with Crippen LogP contribution < -0.4 is 10.1 Å². The minimum Gasteiger partial charge on any atom is -0.491 e. The summed E-state index contributed by atoms with van der Waals surface area (Å²) in [5, 5.41) is 6.86. The molecule has 2 aromatic heterocycles. The standard InChI is InChI=1S/C16H16F3N5O/c1-10-4-3-5-12(6-10)25-8-11(2)22-14-7-13(16(17,18)19)23-15-20-9-21-24(14)15/h3-7,9,11,22H,8H2,1-2H3. The Balaban J connectivity index is 1.76. The highest BCUT2D eigenvalue weighted by molar-refractivity contribution is 5.46. The number of benzene rings is 1. The molecule has 6 nitrogen and oxygen atoms in total. The SMILES string of the molecule is Cc1cccc(OCC(C)Nc2cc(C(F)(F)F)nc3ncnn23)c1. The number of halogens is 3. The van der Waals surface area contributed by atoms with Gasteiger partial charge in [-0.05, 0) is 31.5 Å². The number of rotatable bonds is 5. The highest BCUT2D eigenvalue weighted by Crippen LogP contribution is 2.29. The summed E-state index contributed by atoms with van der Waals surface area (Å²) >= 11 is 0. The maximum Gasteiger partial charge on any atom is 0.433 e. The number of hydrogen-bond donors (Lipinski definition) is 1. The molecule has 0 aliphatic heterocycles. The number of aromatic nitrogens is 4. The van der Waals surface area contributed by atoms with Crippen molar-refractivity contribution in [3.63, 3.8) is 0 Å². The molecular formula is C16H16F3N5O. The third-order valence-corrected chi connectivity index (χ3v) is 3.43. The van der Waals surface area contributed by atoms with Crippen molar-refractivity contribution in [3.8, 4) is 5.75 Å². The maximum absolute atomic E-state index is 13.0. The molecule has 0 saturated heterocycles. The highest BCUT2D eigenvalue weighted by Gasteiger charge is 2.34. The van der Waals surface area contributed by atoms with Gasteiger partial charge in [-0.25, -0.2) is 4.98 Å². The van der Waals surface area contributed by atoms with E-state index in [0.717, 1.165) is 18.0 Å². The zero-order valence-corrected chi connectivity index (χ0v) is 13.6. The van der Waals surface area contributed by atoms with Gasteiger partial charge in [0.25, 0.3) is 5.78 Å². The molecule has 1 atom stereocenters. The van der Waals surface area contributed by atoms with Crippen molar-refractivity contribution in [1.82, 2.24) is 19.6 Å². The fourth-order valence-electron chi connectivity index (χ4n) is 2.28. The molecule has 25 heavy (non-hydrogen) atoms. The molecule has 1 N–H and O–H groups in total. The monoisotopic (exact) mass is 351 g/mol. The van der Waals surface area contributed by atoms with Gasteiger partial charge in [0.1, 0.15) is 24.5 Å². The predicted octanol–water partition coefficient (Wildman–Crippen LogP) is 3.33. The lowest BCUT2D eigenvalue weighted by Gasteiger charge is -2.17. The first-order chi connectivity index (χ1) is 11.8. The number of fused-ring (bicyclic) bond motifs is 1. The number of anilines is 1. The largest absolute Gasteiger partial charge is 0.491 e. The summed E-state index contributed by atoms with van der Waals surface area (Å²) in [6.45, 7) is 4.02. The van der Waals surface area contributed by atoms with E-state index in [1.807, 2.05) is 31.2 Å². The fraction of sp³-hybridized carbons (Fsp3) is 0.312. The third-order valence-electron chi connectivity index (χ3n) is 3.43. The number of aryl methyl sites for hydroxylation is 1. The second-order valence-corrected chi connectivity index (χ2v) is 5.67. The Bertz CT molecular complexity index is 878. The highest BCUT2D eigenvalue weighted by atomic mass is 19.4. The summed E-state index contributed by atoms with van der Waals surface area (Å²) in [4.78, 5) is 7.20. The Labute approximate surface area is 141 Å². The number of ether oxygens (including phenoxy) is 1. The number of nitrogens with one attached hydrogen (secondary N) is 1. The quantitative estimate of drug-likeness (QED) is 0.764. The molecule has 3 aromatic rings. The van der Waals surface area contributed by atoms with Crippen LogP contribution in [-0.4, -0.2) is 32.2 Å². The maximum atomic E-state index is 13.0. The van der Waals surface area contributed by atoms with Gasteiger partial charge in [-0.3, -0.25) is 0 Å². The molecule has 1 aromatic carbocycles. The average molecular weight is 351 g/mol. The van der Waals surface area contributed by atoms with Crippen molar-refractivity contribution in [2.24, 2.45) is 0 Å². The van der Waals surface area contributed by atoms with E-state index in [-0.39, 0.29) is 24.2 Å². The van der Waals surface area contributed by atoms with Crippen LogP contribution in [0.2, 0.25) is 0 Å². The summed E-state index contributed by atoms with van der Waals surface area (Å²) in [6.07, 6.45) is -3.41. The van der Waals surface area contributed by atoms with Crippen molar-refractivity contribution in [2.45, 2.75) is 26.1 Å². The Hall–Kier alpha value is -2.84. The Morgan fingerprint density at radius 2 is 2.08 bits per heavy atom. The minimum absolute atomic E-state index is 0.121. The second-order valence-electron chi connectivity index (χ2n) is 5.67. The molecule has 0 aliphatic rings. The normalized spacial score (nSPS) is 13.0. The van der Waals surface area contributed by atoms with E-state index in [0.29, 0.717) is 5.75 Å². The van der Waals surface area contributed by atoms with Crippen LogP contribution in [0.3, 0.4) is 0 Å². The van der Waals surface area contributed by atoms with Gasteiger partial charge in [-0.1, -0.05) is 12.1 Å². The molecule has 3 rings (SSSR count). The molecule has 0 spiro atoms. The molecule has 9 heteroatoms. The van der Waals surface area contributed by atoms with Crippen LogP contribution in [0.15, 0.2) is 36.7 Å². The van der Waals surface area contributed by atoms with Crippen molar-refractivity contribution in [1.29, 1.82) is 0 Å². The van der Waals surface area contributed by atoms with Gasteiger partial charge in [0, 0.05) is 6.07 Å². The van der Waals surface area contributed by atoms with E-state index in [1.165, 1.54) is 4.52 Å². The van der Waals surface area contributed by atoms with Gasteiger partial charge < -0.3 is 10.1 Å². The molecule has 0 radical (unpaired) electrons. The summed E-state index contributed by atoms with van der Waals surface area (Å²) < 4.78 is 45.8. The Morgan fingerprint density at radius 1 is 1.28 bits per heavy atom. The van der Waals surface area contributed by atoms with Gasteiger partial charge in [-0.15, -0.1) is 0 Å². The first-order valence-electron chi connectivity index (χ1n) is 7.57. The van der Waals surface area contributed by atoms with Crippen molar-refractivity contribution >= 4 is 11.6 Å². The Kier molecular flexibility index (Phi) is 4.47. The zero-order chi connectivity index (χ0) is 18.0. The molecule has 0 fully saturated rings. The van der Waals surface area contributed by atoms with Gasteiger partial charge in [-0.2, -0.15) is 27.8 Å². The summed E-state index contributed by atoms with van der Waals surface area (Å²) in [7, 11) is 0. The molecule has 0 bridgehead atoms. The van der Waals surface area contributed by atoms with Crippen LogP contribution in [0.1, 0.15) is 18.2 Å². The average Bonchev–Trinajstić information content (AvgIpc) is 3.01. The zero-order valence-electron chi connectivity index (χ0n) is 13.6. The molecule has 132 valence electrons. The third kappa shape index (κ3) is 3.98. The molecule has 1 unspecified atom stereocenters. The first-order valence-corrected chi connectivity index (χ1v) is 7.57. The van der Waals surface area contributed by atoms with E-state index in [4.69, 9.17) is 4.74 Å². The lowest BCUT2D eigenvalue weighted by atomic mass is 10.2. The van der Waals surface area contributed by atoms with Crippen LogP contribution in [0.5, 0.6) is 5.75 Å². The molecule has 0 amide bonds. The first kappa shape index (κ1) is 17.0. The van der Waals surface area contributed by atoms with Crippen molar-refractivity contribution in [2.75, 3.05) is 11.9 Å². The summed E-state index contributed by atoms with van der Waals surface area (Å²) in [5.41, 5.74) is 0.0358. The lowest BCUT2D eigenvalue weighted by Crippen LogP contribution is -2.25. The van der Waals surface area contributed by atoms with Gasteiger partial charge in [0.05, 0.1) is 6.04 Å². The second kappa shape index (κ2) is 6.58. The fourth-order valence-corrected chi connectivity index (χ4v) is 2.28. The van der Waals surface area contributed by atoms with E-state index >= 15 is 0 Å². The van der Waals surface area contributed by atoms with Crippen LogP contribution >= 0.6 is 0 Å². The lowest BCUT2D eigenvalue weighted by molar-refractivity contribution is -0.141. The van der Waals surface area contributed by atoms with Crippen LogP contribution in [-0.2, 0) is 6.18 Å². The number of nitrogens with zero attached hydrogens (tertiary/aromatic N) is 4.